The zero-order valence-electron chi connectivity index (χ0n) is 20.4. The van der Waals surface area contributed by atoms with Crippen LogP contribution >= 0.6 is 0 Å². The lowest BCUT2D eigenvalue weighted by atomic mass is 9.64. The number of halogens is 3. The molecule has 1 saturated carbocycles. The highest BCUT2D eigenvalue weighted by molar-refractivity contribution is 5.71. The van der Waals surface area contributed by atoms with Crippen LogP contribution in [0.3, 0.4) is 0 Å². The minimum absolute atomic E-state index is 0.0195. The van der Waals surface area contributed by atoms with Gasteiger partial charge in [-0.3, -0.25) is 13.9 Å². The van der Waals surface area contributed by atoms with Crippen molar-refractivity contribution in [2.75, 3.05) is 40.0 Å². The summed E-state index contributed by atoms with van der Waals surface area (Å²) in [7, 11) is 2.07. The summed E-state index contributed by atoms with van der Waals surface area (Å²) in [6.45, 7) is 3.26. The van der Waals surface area contributed by atoms with Crippen LogP contribution in [0.1, 0.15) is 49.3 Å². The van der Waals surface area contributed by atoms with Gasteiger partial charge in [0.2, 0.25) is 0 Å². The highest BCUT2D eigenvalue weighted by Crippen LogP contribution is 2.49. The Bertz CT molecular complexity index is 1230. The van der Waals surface area contributed by atoms with Crippen molar-refractivity contribution in [3.63, 3.8) is 0 Å². The van der Waals surface area contributed by atoms with Crippen molar-refractivity contribution < 1.29 is 17.9 Å². The van der Waals surface area contributed by atoms with Gasteiger partial charge in [0.15, 0.2) is 0 Å². The minimum Gasteiger partial charge on any atom is -0.380 e. The second kappa shape index (κ2) is 8.98. The van der Waals surface area contributed by atoms with Crippen molar-refractivity contribution in [3.05, 3.63) is 46.1 Å². The van der Waals surface area contributed by atoms with E-state index in [9.17, 15) is 18.0 Å². The fourth-order valence-corrected chi connectivity index (χ4v) is 6.52. The van der Waals surface area contributed by atoms with Gasteiger partial charge < -0.3 is 10.1 Å². The molecule has 196 valence electrons. The normalized spacial score (nSPS) is 29.0. The third-order valence-corrected chi connectivity index (χ3v) is 8.69. The lowest BCUT2D eigenvalue weighted by Crippen LogP contribution is -2.54. The van der Waals surface area contributed by atoms with Crippen LogP contribution in [0.25, 0.3) is 11.1 Å². The molecule has 8 nitrogen and oxygen atoms in total. The molecule has 2 saturated heterocycles. The molecule has 5 heterocycles. The van der Waals surface area contributed by atoms with Crippen molar-refractivity contribution in [1.29, 1.82) is 0 Å². The summed E-state index contributed by atoms with van der Waals surface area (Å²) in [6, 6.07) is 1.06. The Morgan fingerprint density at radius 3 is 2.69 bits per heavy atom. The van der Waals surface area contributed by atoms with E-state index in [2.05, 4.69) is 28.1 Å². The topological polar surface area (TPSA) is 75.0 Å². The molecule has 2 aromatic rings. The largest absolute Gasteiger partial charge is 0.418 e. The number of hydrogen-bond donors (Lipinski definition) is 3. The van der Waals surface area contributed by atoms with Gasteiger partial charge in [-0.15, -0.1) is 0 Å². The quantitative estimate of drug-likeness (QED) is 0.579. The van der Waals surface area contributed by atoms with Crippen molar-refractivity contribution in [3.8, 4) is 0 Å². The number of aromatic nitrogens is 2. The predicted molar refractivity (Wildman–Crippen MR) is 129 cm³/mol. The van der Waals surface area contributed by atoms with Gasteiger partial charge in [0.25, 0.3) is 0 Å². The van der Waals surface area contributed by atoms with Crippen LogP contribution in [0.5, 0.6) is 0 Å². The Morgan fingerprint density at radius 1 is 1.22 bits per heavy atom. The van der Waals surface area contributed by atoms with Gasteiger partial charge in [0.1, 0.15) is 0 Å². The van der Waals surface area contributed by atoms with E-state index in [-0.39, 0.29) is 23.1 Å². The summed E-state index contributed by atoms with van der Waals surface area (Å²) in [6.07, 6.45) is 5.02. The van der Waals surface area contributed by atoms with Crippen molar-refractivity contribution in [1.82, 2.24) is 30.0 Å². The molecular weight excluding hydrogens is 473 g/mol. The first kappa shape index (κ1) is 24.2. The molecule has 0 spiro atoms. The third kappa shape index (κ3) is 4.10. The van der Waals surface area contributed by atoms with Crippen molar-refractivity contribution >= 4 is 11.1 Å². The average Bonchev–Trinajstić information content (AvgIpc) is 3.57. The molecule has 3 aliphatic heterocycles. The van der Waals surface area contributed by atoms with Gasteiger partial charge in [-0.1, -0.05) is 12.5 Å². The molecule has 4 aliphatic rings. The maximum absolute atomic E-state index is 14.1. The van der Waals surface area contributed by atoms with Crippen molar-refractivity contribution in [2.45, 2.75) is 50.5 Å². The molecule has 3 atom stereocenters. The first-order valence-corrected chi connectivity index (χ1v) is 12.8. The molecule has 3 fully saturated rings. The Hall–Kier alpha value is -2.18. The number of fused-ring (bicyclic) bond motifs is 1. The SMILES string of the molecule is CN1CNNC1CC1(C2CCCC(n3cc4c(C(F)(F)F)cc(C5=CCNC5)cn4c3=O)C2)COC1. The fraction of sp³-hybridized carbons (Fsp3) is 0.640. The molecule has 36 heavy (non-hydrogen) atoms. The number of alkyl halides is 3. The number of ether oxygens (including phenoxy) is 1. The molecule has 2 aromatic heterocycles. The molecule has 1 aliphatic carbocycles. The van der Waals surface area contributed by atoms with Gasteiger partial charge in [-0.25, -0.2) is 15.6 Å². The van der Waals surface area contributed by atoms with Crippen LogP contribution in [0, 0.1) is 11.3 Å². The van der Waals surface area contributed by atoms with E-state index in [4.69, 9.17) is 4.74 Å². The summed E-state index contributed by atoms with van der Waals surface area (Å²) >= 11 is 0. The third-order valence-electron chi connectivity index (χ3n) is 8.69. The lowest BCUT2D eigenvalue weighted by molar-refractivity contribution is -0.167. The van der Waals surface area contributed by atoms with Crippen molar-refractivity contribution in [2.24, 2.45) is 11.3 Å². The number of nitrogens with one attached hydrogen (secondary N) is 3. The van der Waals surface area contributed by atoms with E-state index < -0.39 is 17.4 Å². The lowest BCUT2D eigenvalue weighted by Gasteiger charge is -2.51. The number of rotatable bonds is 5. The van der Waals surface area contributed by atoms with Crippen LogP contribution in [0.4, 0.5) is 13.2 Å². The van der Waals surface area contributed by atoms with Crippen LogP contribution in [-0.2, 0) is 10.9 Å². The number of imidazole rings is 1. The Labute approximate surface area is 207 Å². The molecular formula is C25H33F3N6O2. The number of hydrazine groups is 1. The van der Waals surface area contributed by atoms with E-state index >= 15 is 0 Å². The number of hydrogen-bond acceptors (Lipinski definition) is 6. The maximum Gasteiger partial charge on any atom is 0.418 e. The van der Waals surface area contributed by atoms with Crippen LogP contribution < -0.4 is 21.9 Å². The smallest absolute Gasteiger partial charge is 0.380 e. The second-order valence-electron chi connectivity index (χ2n) is 10.9. The molecule has 0 radical (unpaired) electrons. The molecule has 6 rings (SSSR count). The maximum atomic E-state index is 14.1. The first-order chi connectivity index (χ1) is 17.2. The molecule has 11 heteroatoms. The first-order valence-electron chi connectivity index (χ1n) is 12.8. The molecule has 3 unspecified atom stereocenters. The van der Waals surface area contributed by atoms with Crippen LogP contribution in [0.2, 0.25) is 0 Å². The number of nitrogens with zero attached hydrogens (tertiary/aromatic N) is 3. The summed E-state index contributed by atoms with van der Waals surface area (Å²) in [4.78, 5) is 15.7. The average molecular weight is 507 g/mol. The molecule has 3 N–H and O–H groups in total. The number of pyridine rings is 1. The van der Waals surface area contributed by atoms with E-state index in [1.165, 1.54) is 16.7 Å². The summed E-state index contributed by atoms with van der Waals surface area (Å²) in [5.41, 5.74) is 6.53. The van der Waals surface area contributed by atoms with Gasteiger partial charge in [0.05, 0.1) is 37.1 Å². The summed E-state index contributed by atoms with van der Waals surface area (Å²) in [5.74, 6) is 0.350. The zero-order valence-corrected chi connectivity index (χ0v) is 20.4. The Morgan fingerprint density at radius 2 is 2.06 bits per heavy atom. The summed E-state index contributed by atoms with van der Waals surface area (Å²) in [5, 5.41) is 3.12. The monoisotopic (exact) mass is 506 g/mol. The molecule has 0 aromatic carbocycles. The fourth-order valence-electron chi connectivity index (χ4n) is 6.52. The second-order valence-corrected chi connectivity index (χ2v) is 10.9. The van der Waals surface area contributed by atoms with Crippen LogP contribution in [0.15, 0.2) is 29.3 Å². The predicted octanol–water partition coefficient (Wildman–Crippen LogP) is 2.57. The molecule has 0 amide bonds. The van der Waals surface area contributed by atoms with E-state index in [1.807, 2.05) is 6.08 Å². The standard InChI is InChI=1S/C25H33F3N6O2/c1-32-15-30-31-22(32)9-24(13-36-14-24)18-3-2-4-19(8-18)33-12-21-20(25(26,27)28)7-17(11-34(21)23(33)35)16-5-6-29-10-16/h5,7,11-12,18-19,22,29-31H,2-4,6,8-10,13-15H2,1H3. The van der Waals surface area contributed by atoms with E-state index in [1.54, 1.807) is 10.8 Å². The highest BCUT2D eigenvalue weighted by Gasteiger charge is 2.49. The van der Waals surface area contributed by atoms with E-state index in [0.717, 1.165) is 44.3 Å². The van der Waals surface area contributed by atoms with Gasteiger partial charge in [0, 0.05) is 36.9 Å². The minimum atomic E-state index is -4.55. The van der Waals surface area contributed by atoms with E-state index in [0.29, 0.717) is 37.8 Å². The van der Waals surface area contributed by atoms with Gasteiger partial charge in [-0.2, -0.15) is 13.2 Å². The van der Waals surface area contributed by atoms with Crippen LogP contribution in [-0.4, -0.2) is 60.1 Å². The highest BCUT2D eigenvalue weighted by atomic mass is 19.4. The molecule has 0 bridgehead atoms. The Balaban J connectivity index is 1.33. The zero-order chi connectivity index (χ0) is 25.1. The van der Waals surface area contributed by atoms with Gasteiger partial charge in [-0.05, 0) is 55.9 Å². The summed E-state index contributed by atoms with van der Waals surface area (Å²) < 4.78 is 50.7. The van der Waals surface area contributed by atoms with Gasteiger partial charge >= 0.3 is 11.9 Å². The Kier molecular flexibility index (Phi) is 6.03.